The Hall–Kier alpha value is -4.77. The van der Waals surface area contributed by atoms with E-state index in [4.69, 9.17) is 21.4 Å². The zero-order chi connectivity index (χ0) is 32.5. The summed E-state index contributed by atoms with van der Waals surface area (Å²) in [4.78, 5) is 39.7. The van der Waals surface area contributed by atoms with E-state index in [9.17, 15) is 23.2 Å². The first kappa shape index (κ1) is 31.6. The second-order valence-corrected chi connectivity index (χ2v) is 12.1. The van der Waals surface area contributed by atoms with E-state index in [2.05, 4.69) is 10.4 Å². The lowest BCUT2D eigenvalue weighted by molar-refractivity contribution is 0.0595. The van der Waals surface area contributed by atoms with Gasteiger partial charge in [0.15, 0.2) is 0 Å². The number of carboxylic acid groups (broad SMARTS) is 1. The monoisotopic (exact) mass is 636 g/mol. The number of likely N-dealkylation sites (tertiary alicyclic amines) is 1. The highest BCUT2D eigenvalue weighted by Gasteiger charge is 2.29. The predicted molar refractivity (Wildman–Crippen MR) is 165 cm³/mol. The number of anilines is 1. The summed E-state index contributed by atoms with van der Waals surface area (Å²) in [6.45, 7) is 6.34. The normalized spacial score (nSPS) is 13.9. The Kier molecular flexibility index (Phi) is 8.92. The Morgan fingerprint density at radius 2 is 1.67 bits per heavy atom. The zero-order valence-corrected chi connectivity index (χ0v) is 25.6. The van der Waals surface area contributed by atoms with E-state index in [1.807, 2.05) is 20.8 Å². The molecule has 0 unspecified atom stereocenters. The number of hydrogen-bond donors (Lipinski definition) is 2. The Bertz CT molecular complexity index is 1760. The number of carbonyl (C=O) groups is 3. The van der Waals surface area contributed by atoms with Crippen LogP contribution < -0.4 is 10.1 Å². The Morgan fingerprint density at radius 1 is 0.978 bits per heavy atom. The summed E-state index contributed by atoms with van der Waals surface area (Å²) in [5.74, 6) is -2.95. The standard InChI is InChI=1S/C33H31ClF2N4O5/c1-33(2,3)40-29(24-10-6-20(35)16-28(24)36)26(18-37-40)30(41)38-21-7-11-27(34)25(17-21)31(42)39-14-12-23(13-15-39)45-22-8-4-19(5-9-22)32(43)44/h4-11,16-18,23H,12-15H2,1-3H3,(H,38,41)(H,43,44). The number of nitrogens with zero attached hydrogens (tertiary/aromatic N) is 3. The number of halogens is 3. The quantitative estimate of drug-likeness (QED) is 0.229. The lowest BCUT2D eigenvalue weighted by atomic mass is 10.0. The first-order valence-corrected chi connectivity index (χ1v) is 14.6. The van der Waals surface area contributed by atoms with Crippen molar-refractivity contribution in [1.29, 1.82) is 0 Å². The average Bonchev–Trinajstić information content (AvgIpc) is 3.44. The third-order valence-corrected chi connectivity index (χ3v) is 7.75. The van der Waals surface area contributed by atoms with Gasteiger partial charge in [0.25, 0.3) is 11.8 Å². The molecule has 0 aliphatic carbocycles. The average molecular weight is 637 g/mol. The second kappa shape index (κ2) is 12.7. The highest BCUT2D eigenvalue weighted by Crippen LogP contribution is 2.32. The number of nitrogens with one attached hydrogen (secondary N) is 1. The molecule has 3 aromatic carbocycles. The van der Waals surface area contributed by atoms with Gasteiger partial charge in [0.1, 0.15) is 23.5 Å². The van der Waals surface area contributed by atoms with E-state index in [1.165, 1.54) is 41.2 Å². The molecule has 1 aliphatic heterocycles. The van der Waals surface area contributed by atoms with Crippen molar-refractivity contribution < 1.29 is 33.0 Å². The molecule has 234 valence electrons. The molecule has 0 radical (unpaired) electrons. The number of hydrogen-bond acceptors (Lipinski definition) is 5. The maximum atomic E-state index is 14.9. The summed E-state index contributed by atoms with van der Waals surface area (Å²) < 4.78 is 36.1. The number of aromatic nitrogens is 2. The van der Waals surface area contributed by atoms with E-state index >= 15 is 0 Å². The number of piperidine rings is 1. The van der Waals surface area contributed by atoms with Crippen molar-refractivity contribution in [2.75, 3.05) is 18.4 Å². The van der Waals surface area contributed by atoms with Crippen molar-refractivity contribution in [3.63, 3.8) is 0 Å². The predicted octanol–water partition coefficient (Wildman–Crippen LogP) is 6.87. The minimum Gasteiger partial charge on any atom is -0.490 e. The van der Waals surface area contributed by atoms with Gasteiger partial charge in [-0.1, -0.05) is 11.6 Å². The number of carboxylic acids is 1. The Labute approximate surface area is 263 Å². The lowest BCUT2D eigenvalue weighted by Gasteiger charge is -2.32. The Morgan fingerprint density at radius 3 is 2.29 bits per heavy atom. The summed E-state index contributed by atoms with van der Waals surface area (Å²) in [5, 5.41) is 16.4. The van der Waals surface area contributed by atoms with Crippen LogP contribution in [0.3, 0.4) is 0 Å². The maximum Gasteiger partial charge on any atom is 0.335 e. The van der Waals surface area contributed by atoms with Gasteiger partial charge in [-0.05, 0) is 75.4 Å². The van der Waals surface area contributed by atoms with Gasteiger partial charge in [-0.25, -0.2) is 13.6 Å². The zero-order valence-electron chi connectivity index (χ0n) is 24.8. The van der Waals surface area contributed by atoms with Crippen LogP contribution in [0.15, 0.2) is 66.9 Å². The van der Waals surface area contributed by atoms with Crippen molar-refractivity contribution >= 4 is 35.1 Å². The van der Waals surface area contributed by atoms with Crippen LogP contribution in [-0.2, 0) is 5.54 Å². The molecule has 1 aliphatic rings. The minimum absolute atomic E-state index is 0.0191. The molecule has 0 saturated carbocycles. The molecule has 4 aromatic rings. The fraction of sp³-hybridized carbons (Fsp3) is 0.273. The van der Waals surface area contributed by atoms with Gasteiger partial charge in [-0.15, -0.1) is 0 Å². The van der Waals surface area contributed by atoms with Crippen LogP contribution in [-0.4, -0.2) is 56.8 Å². The van der Waals surface area contributed by atoms with E-state index in [-0.39, 0.29) is 45.0 Å². The number of carbonyl (C=O) groups excluding carboxylic acids is 2. The molecule has 0 bridgehead atoms. The molecule has 2 N–H and O–H groups in total. The highest BCUT2D eigenvalue weighted by molar-refractivity contribution is 6.34. The SMILES string of the molecule is CC(C)(C)n1ncc(C(=O)Nc2ccc(Cl)c(C(=O)N3CCC(Oc4ccc(C(=O)O)cc4)CC3)c2)c1-c1ccc(F)cc1F. The molecule has 1 saturated heterocycles. The fourth-order valence-electron chi connectivity index (χ4n) is 5.14. The lowest BCUT2D eigenvalue weighted by Crippen LogP contribution is -2.41. The van der Waals surface area contributed by atoms with Crippen LogP contribution in [0.5, 0.6) is 5.75 Å². The van der Waals surface area contributed by atoms with E-state index in [0.29, 0.717) is 37.4 Å². The molecular formula is C33H31ClF2N4O5. The van der Waals surface area contributed by atoms with Gasteiger partial charge in [0.2, 0.25) is 0 Å². The van der Waals surface area contributed by atoms with Gasteiger partial charge in [0, 0.05) is 43.2 Å². The fourth-order valence-corrected chi connectivity index (χ4v) is 5.34. The minimum atomic E-state index is -1.02. The summed E-state index contributed by atoms with van der Waals surface area (Å²) in [7, 11) is 0. The first-order valence-electron chi connectivity index (χ1n) is 14.3. The van der Waals surface area contributed by atoms with E-state index in [0.717, 1.165) is 12.1 Å². The Balaban J connectivity index is 1.30. The topological polar surface area (TPSA) is 114 Å². The third kappa shape index (κ3) is 6.99. The number of amides is 2. The third-order valence-electron chi connectivity index (χ3n) is 7.42. The van der Waals surface area contributed by atoms with E-state index < -0.39 is 29.0 Å². The number of benzene rings is 3. The number of ether oxygens (including phenoxy) is 1. The molecule has 0 spiro atoms. The van der Waals surface area contributed by atoms with Crippen LogP contribution in [0.25, 0.3) is 11.3 Å². The molecule has 1 aromatic heterocycles. The van der Waals surface area contributed by atoms with Gasteiger partial charge in [-0.2, -0.15) is 5.10 Å². The van der Waals surface area contributed by atoms with Crippen molar-refractivity contribution in [3.8, 4) is 17.0 Å². The van der Waals surface area contributed by atoms with Crippen molar-refractivity contribution in [1.82, 2.24) is 14.7 Å². The maximum absolute atomic E-state index is 14.9. The molecular weight excluding hydrogens is 606 g/mol. The molecule has 12 heteroatoms. The van der Waals surface area contributed by atoms with Gasteiger partial charge in [-0.3, -0.25) is 14.3 Å². The molecule has 2 heterocycles. The van der Waals surface area contributed by atoms with Gasteiger partial charge >= 0.3 is 5.97 Å². The molecule has 5 rings (SSSR count). The van der Waals surface area contributed by atoms with Gasteiger partial charge < -0.3 is 20.1 Å². The van der Waals surface area contributed by atoms with Crippen molar-refractivity contribution in [2.24, 2.45) is 0 Å². The molecule has 0 atom stereocenters. The van der Waals surface area contributed by atoms with E-state index in [1.54, 1.807) is 23.1 Å². The van der Waals surface area contributed by atoms with Crippen molar-refractivity contribution in [3.05, 3.63) is 100 Å². The van der Waals surface area contributed by atoms with Gasteiger partial charge in [0.05, 0.1) is 39.1 Å². The highest BCUT2D eigenvalue weighted by atomic mass is 35.5. The number of aromatic carboxylic acids is 1. The number of rotatable bonds is 7. The summed E-state index contributed by atoms with van der Waals surface area (Å²) in [6, 6.07) is 13.8. The van der Waals surface area contributed by atoms with Crippen molar-refractivity contribution in [2.45, 2.75) is 45.3 Å². The van der Waals surface area contributed by atoms with Crippen LogP contribution in [0.1, 0.15) is 64.7 Å². The first-order chi connectivity index (χ1) is 21.3. The molecule has 2 amide bonds. The molecule has 1 fully saturated rings. The molecule has 9 nitrogen and oxygen atoms in total. The summed E-state index contributed by atoms with van der Waals surface area (Å²) in [5.41, 5.74) is 0.311. The summed E-state index contributed by atoms with van der Waals surface area (Å²) in [6.07, 6.45) is 2.29. The van der Waals surface area contributed by atoms with Crippen LogP contribution >= 0.6 is 11.6 Å². The van der Waals surface area contributed by atoms with Crippen LogP contribution in [0.4, 0.5) is 14.5 Å². The smallest absolute Gasteiger partial charge is 0.335 e. The summed E-state index contributed by atoms with van der Waals surface area (Å²) >= 11 is 6.41. The largest absolute Gasteiger partial charge is 0.490 e. The molecule has 45 heavy (non-hydrogen) atoms. The van der Waals surface area contributed by atoms with Crippen LogP contribution in [0, 0.1) is 11.6 Å². The van der Waals surface area contributed by atoms with Crippen LogP contribution in [0.2, 0.25) is 5.02 Å². The second-order valence-electron chi connectivity index (χ2n) is 11.7.